The molecule has 2 aromatic rings. The number of carbonyl (C=O) groups excluding carboxylic acids is 1. The summed E-state index contributed by atoms with van der Waals surface area (Å²) in [5.74, 6) is 0.0493. The zero-order valence-corrected chi connectivity index (χ0v) is 12.2. The van der Waals surface area contributed by atoms with Crippen molar-refractivity contribution >= 4 is 17.5 Å². The van der Waals surface area contributed by atoms with Crippen molar-refractivity contribution in [2.75, 3.05) is 17.7 Å². The third kappa shape index (κ3) is 3.95. The summed E-state index contributed by atoms with van der Waals surface area (Å²) in [6.45, 7) is 4.68. The zero-order chi connectivity index (χ0) is 15.2. The van der Waals surface area contributed by atoms with E-state index >= 15 is 0 Å². The number of benzene rings is 1. The van der Waals surface area contributed by atoms with E-state index in [0.29, 0.717) is 30.2 Å². The van der Waals surface area contributed by atoms with Gasteiger partial charge in [0.15, 0.2) is 0 Å². The number of hydrogen-bond acceptors (Lipinski definition) is 5. The Bertz CT molecular complexity index is 641. The van der Waals surface area contributed by atoms with E-state index in [1.165, 1.54) is 11.8 Å². The van der Waals surface area contributed by atoms with Crippen LogP contribution in [0.15, 0.2) is 36.5 Å². The molecular weight excluding hydrogens is 266 g/mol. The Balaban J connectivity index is 2.17. The van der Waals surface area contributed by atoms with Crippen molar-refractivity contribution in [3.05, 3.63) is 53.2 Å². The molecule has 0 aliphatic carbocycles. The third-order valence-corrected chi connectivity index (χ3v) is 2.95. The lowest BCUT2D eigenvalue weighted by atomic mass is 10.1. The molecule has 21 heavy (non-hydrogen) atoms. The van der Waals surface area contributed by atoms with Crippen molar-refractivity contribution in [2.24, 2.45) is 0 Å². The second-order valence-electron chi connectivity index (χ2n) is 4.73. The topological polar surface area (TPSA) is 77.2 Å². The molecule has 0 unspecified atom stereocenters. The standard InChI is InChI=1S/C16H19N3O2/c1-3-21-16(20)14-8-13(17)10-19-15(14)18-9-12-6-4-5-11(2)7-12/h4-8,10H,3,9,17H2,1-2H3,(H,18,19). The number of nitrogens with zero attached hydrogens (tertiary/aromatic N) is 1. The van der Waals surface area contributed by atoms with Crippen molar-refractivity contribution in [1.29, 1.82) is 0 Å². The minimum Gasteiger partial charge on any atom is -0.462 e. The Morgan fingerprint density at radius 2 is 2.19 bits per heavy atom. The number of hydrogen-bond donors (Lipinski definition) is 2. The third-order valence-electron chi connectivity index (χ3n) is 2.95. The van der Waals surface area contributed by atoms with Crippen molar-refractivity contribution in [3.8, 4) is 0 Å². The molecule has 1 aromatic heterocycles. The van der Waals surface area contributed by atoms with Gasteiger partial charge in [0.05, 0.1) is 18.5 Å². The molecule has 0 atom stereocenters. The number of nitrogens with one attached hydrogen (secondary N) is 1. The van der Waals surface area contributed by atoms with Crippen molar-refractivity contribution < 1.29 is 9.53 Å². The monoisotopic (exact) mass is 285 g/mol. The van der Waals surface area contributed by atoms with Gasteiger partial charge in [-0.3, -0.25) is 0 Å². The van der Waals surface area contributed by atoms with Crippen molar-refractivity contribution in [2.45, 2.75) is 20.4 Å². The molecule has 0 saturated heterocycles. The van der Waals surface area contributed by atoms with E-state index in [2.05, 4.69) is 16.4 Å². The zero-order valence-electron chi connectivity index (χ0n) is 12.2. The molecule has 5 heteroatoms. The molecule has 0 aliphatic rings. The highest BCUT2D eigenvalue weighted by molar-refractivity contribution is 5.95. The summed E-state index contributed by atoms with van der Waals surface area (Å²) in [7, 11) is 0. The van der Waals surface area contributed by atoms with E-state index in [0.717, 1.165) is 5.56 Å². The van der Waals surface area contributed by atoms with Gasteiger partial charge in [-0.1, -0.05) is 29.8 Å². The van der Waals surface area contributed by atoms with Gasteiger partial charge < -0.3 is 15.8 Å². The average molecular weight is 285 g/mol. The average Bonchev–Trinajstić information content (AvgIpc) is 2.46. The number of esters is 1. The fourth-order valence-electron chi connectivity index (χ4n) is 1.99. The summed E-state index contributed by atoms with van der Waals surface area (Å²) in [6, 6.07) is 9.70. The van der Waals surface area contributed by atoms with Crippen LogP contribution in [0.3, 0.4) is 0 Å². The lowest BCUT2D eigenvalue weighted by molar-refractivity contribution is 0.0527. The van der Waals surface area contributed by atoms with E-state index in [1.54, 1.807) is 13.0 Å². The molecule has 5 nitrogen and oxygen atoms in total. The summed E-state index contributed by atoms with van der Waals surface area (Å²) >= 11 is 0. The van der Waals surface area contributed by atoms with Gasteiger partial charge in [-0.15, -0.1) is 0 Å². The van der Waals surface area contributed by atoms with Crippen LogP contribution in [-0.2, 0) is 11.3 Å². The smallest absolute Gasteiger partial charge is 0.341 e. The van der Waals surface area contributed by atoms with Gasteiger partial charge in [0.25, 0.3) is 0 Å². The Labute approximate surface area is 124 Å². The van der Waals surface area contributed by atoms with Crippen LogP contribution < -0.4 is 11.1 Å². The molecular formula is C16H19N3O2. The summed E-state index contributed by atoms with van der Waals surface area (Å²) < 4.78 is 5.02. The SMILES string of the molecule is CCOC(=O)c1cc(N)cnc1NCc1cccc(C)c1. The maximum Gasteiger partial charge on any atom is 0.341 e. The predicted molar refractivity (Wildman–Crippen MR) is 83.1 cm³/mol. The second-order valence-corrected chi connectivity index (χ2v) is 4.73. The molecule has 2 rings (SSSR count). The molecule has 0 saturated carbocycles. The highest BCUT2D eigenvalue weighted by Gasteiger charge is 2.14. The van der Waals surface area contributed by atoms with Crippen LogP contribution >= 0.6 is 0 Å². The van der Waals surface area contributed by atoms with Crippen LogP contribution in [0.4, 0.5) is 11.5 Å². The Morgan fingerprint density at radius 1 is 1.38 bits per heavy atom. The molecule has 110 valence electrons. The van der Waals surface area contributed by atoms with Crippen LogP contribution in [0.1, 0.15) is 28.4 Å². The first-order chi connectivity index (χ1) is 10.1. The highest BCUT2D eigenvalue weighted by atomic mass is 16.5. The van der Waals surface area contributed by atoms with Crippen LogP contribution in [0, 0.1) is 6.92 Å². The number of anilines is 2. The Hall–Kier alpha value is -2.56. The number of rotatable bonds is 5. The van der Waals surface area contributed by atoms with Crippen LogP contribution in [0.5, 0.6) is 0 Å². The van der Waals surface area contributed by atoms with Gasteiger partial charge in [-0.05, 0) is 25.5 Å². The maximum absolute atomic E-state index is 11.9. The van der Waals surface area contributed by atoms with Crippen molar-refractivity contribution in [1.82, 2.24) is 4.98 Å². The number of nitrogen functional groups attached to an aromatic ring is 1. The lowest BCUT2D eigenvalue weighted by Gasteiger charge is -2.11. The van der Waals surface area contributed by atoms with E-state index < -0.39 is 5.97 Å². The molecule has 1 heterocycles. The molecule has 0 radical (unpaired) electrons. The number of pyridine rings is 1. The van der Waals surface area contributed by atoms with E-state index in [1.807, 2.05) is 25.1 Å². The molecule has 0 bridgehead atoms. The minimum atomic E-state index is -0.427. The van der Waals surface area contributed by atoms with Crippen LogP contribution in [0.25, 0.3) is 0 Å². The molecule has 3 N–H and O–H groups in total. The first-order valence-electron chi connectivity index (χ1n) is 6.82. The summed E-state index contributed by atoms with van der Waals surface area (Å²) in [4.78, 5) is 16.1. The quantitative estimate of drug-likeness (QED) is 0.826. The largest absolute Gasteiger partial charge is 0.462 e. The van der Waals surface area contributed by atoms with Crippen LogP contribution in [-0.4, -0.2) is 17.6 Å². The molecule has 0 spiro atoms. The number of aryl methyl sites for hydroxylation is 1. The Morgan fingerprint density at radius 3 is 2.90 bits per heavy atom. The van der Waals surface area contributed by atoms with Gasteiger partial charge in [0.2, 0.25) is 0 Å². The number of nitrogens with two attached hydrogens (primary N) is 1. The van der Waals surface area contributed by atoms with Gasteiger partial charge in [-0.2, -0.15) is 0 Å². The van der Waals surface area contributed by atoms with E-state index in [-0.39, 0.29) is 0 Å². The summed E-state index contributed by atoms with van der Waals surface area (Å²) in [5, 5.41) is 3.16. The minimum absolute atomic E-state index is 0.310. The molecule has 0 amide bonds. The second kappa shape index (κ2) is 6.74. The van der Waals surface area contributed by atoms with E-state index in [9.17, 15) is 4.79 Å². The predicted octanol–water partition coefficient (Wildman–Crippen LogP) is 2.76. The fraction of sp³-hybridized carbons (Fsp3) is 0.250. The van der Waals surface area contributed by atoms with Crippen molar-refractivity contribution in [3.63, 3.8) is 0 Å². The van der Waals surface area contributed by atoms with Gasteiger partial charge in [0, 0.05) is 6.54 Å². The number of carbonyl (C=O) groups is 1. The molecule has 1 aromatic carbocycles. The van der Waals surface area contributed by atoms with Crippen LogP contribution in [0.2, 0.25) is 0 Å². The summed E-state index contributed by atoms with van der Waals surface area (Å²) in [5.41, 5.74) is 8.77. The lowest BCUT2D eigenvalue weighted by Crippen LogP contribution is -2.12. The first kappa shape index (κ1) is 14.8. The highest BCUT2D eigenvalue weighted by Crippen LogP contribution is 2.18. The first-order valence-corrected chi connectivity index (χ1v) is 6.82. The number of ether oxygens (including phenoxy) is 1. The van der Waals surface area contributed by atoms with E-state index in [4.69, 9.17) is 10.5 Å². The molecule has 0 aliphatic heterocycles. The summed E-state index contributed by atoms with van der Waals surface area (Å²) in [6.07, 6.45) is 1.52. The normalized spacial score (nSPS) is 10.2. The Kier molecular flexibility index (Phi) is 4.77. The van der Waals surface area contributed by atoms with Gasteiger partial charge in [-0.25, -0.2) is 9.78 Å². The molecule has 0 fully saturated rings. The number of aromatic nitrogens is 1. The fourth-order valence-corrected chi connectivity index (χ4v) is 1.99. The van der Waals surface area contributed by atoms with Gasteiger partial charge >= 0.3 is 5.97 Å². The maximum atomic E-state index is 11.9. The van der Waals surface area contributed by atoms with Gasteiger partial charge in [0.1, 0.15) is 11.4 Å².